The SMILES string of the molecule is COC(C)(C)CCCCCC[C@@H](O)[C@@H](C)C(=O)N(C)[C@@H](CC(C)C)C(=O)N[C@H](C(=O)N[C@@H](CNC(=O)OCc1ccccc1)C(=O)N[C@H](C(=O)NCC(=O)O)[C@H](C)OCc1ccccc1)C1CCCCC1. The number of aliphatic carboxylic acids is 1. The van der Waals surface area contributed by atoms with Crippen LogP contribution in [0.3, 0.4) is 0 Å². The standard InChI is InChI=1S/C53H82N6O12/c1-35(2)30-42(59(7)51(67)36(3)43(60)28-20-9-10-21-29-53(5,6)69-8)48(64)58-46(40-26-18-13-19-27-40)50(66)56-41(31-55-52(68)71-34-39-24-16-12-17-25-39)47(63)57-45(49(65)54-32-44(61)62)37(4)70-33-38-22-14-11-15-23-38/h11-12,14-17,22-25,35-37,40-43,45-46,60H,9-10,13,18-21,26-34H2,1-8H3,(H,54,65)(H,55,68)(H,56,66)(H,57,63)(H,58,64)(H,61,62)/t36-,37+,41+,42+,43-,45+,46+/m1/s1. The van der Waals surface area contributed by atoms with Crippen LogP contribution < -0.4 is 26.6 Å². The zero-order chi connectivity index (χ0) is 52.5. The molecule has 0 radical (unpaired) electrons. The number of hydrogen-bond donors (Lipinski definition) is 7. The average molecular weight is 995 g/mol. The minimum absolute atomic E-state index is 0.0469. The molecule has 7 atom stereocenters. The van der Waals surface area contributed by atoms with E-state index >= 15 is 0 Å². The second-order valence-electron chi connectivity index (χ2n) is 19.9. The van der Waals surface area contributed by atoms with Crippen molar-refractivity contribution >= 4 is 41.6 Å². The van der Waals surface area contributed by atoms with Gasteiger partial charge in [0.1, 0.15) is 37.3 Å². The molecule has 2 aromatic carbocycles. The van der Waals surface area contributed by atoms with E-state index in [4.69, 9.17) is 14.2 Å². The molecular weight excluding hydrogens is 913 g/mol. The molecule has 1 fully saturated rings. The molecule has 18 nitrogen and oxygen atoms in total. The third-order valence-electron chi connectivity index (χ3n) is 13.2. The summed E-state index contributed by atoms with van der Waals surface area (Å²) in [4.78, 5) is 96.9. The maximum Gasteiger partial charge on any atom is 0.407 e. The highest BCUT2D eigenvalue weighted by Gasteiger charge is 2.39. The number of benzene rings is 2. The number of aliphatic hydroxyl groups excluding tert-OH is 1. The number of alkyl carbamates (subject to hydrolysis) is 1. The maximum atomic E-state index is 14.7. The first-order valence-corrected chi connectivity index (χ1v) is 25.2. The molecule has 6 amide bonds. The minimum atomic E-state index is -1.55. The fourth-order valence-electron chi connectivity index (χ4n) is 8.50. The summed E-state index contributed by atoms with van der Waals surface area (Å²) >= 11 is 0. The molecule has 0 spiro atoms. The van der Waals surface area contributed by atoms with Gasteiger partial charge in [-0.3, -0.25) is 28.8 Å². The first-order chi connectivity index (χ1) is 33.7. The Morgan fingerprint density at radius 3 is 1.94 bits per heavy atom. The quantitative estimate of drug-likeness (QED) is 0.0470. The molecule has 2 aromatic rings. The van der Waals surface area contributed by atoms with Gasteiger partial charge in [-0.05, 0) is 75.8 Å². The van der Waals surface area contributed by atoms with Gasteiger partial charge in [0, 0.05) is 14.2 Å². The lowest BCUT2D eigenvalue weighted by Gasteiger charge is -2.35. The zero-order valence-electron chi connectivity index (χ0n) is 43.2. The van der Waals surface area contributed by atoms with Gasteiger partial charge in [-0.15, -0.1) is 0 Å². The predicted molar refractivity (Wildman–Crippen MR) is 268 cm³/mol. The number of unbranched alkanes of at least 4 members (excludes halogenated alkanes) is 3. The van der Waals surface area contributed by atoms with Crippen LogP contribution >= 0.6 is 0 Å². The number of carbonyl (C=O) groups excluding carboxylic acids is 6. The fraction of sp³-hybridized carbons (Fsp3) is 0.642. The van der Waals surface area contributed by atoms with Crippen LogP contribution in [0, 0.1) is 17.8 Å². The topological polar surface area (TPSA) is 251 Å². The fourth-order valence-corrected chi connectivity index (χ4v) is 8.50. The van der Waals surface area contributed by atoms with E-state index in [0.29, 0.717) is 24.8 Å². The van der Waals surface area contributed by atoms with E-state index in [2.05, 4.69) is 26.6 Å². The molecule has 18 heteroatoms. The number of nitrogens with zero attached hydrogens (tertiary/aromatic N) is 1. The summed E-state index contributed by atoms with van der Waals surface area (Å²) in [5.41, 5.74) is 1.28. The van der Waals surface area contributed by atoms with Crippen molar-refractivity contribution in [2.75, 3.05) is 27.2 Å². The molecule has 0 bridgehead atoms. The van der Waals surface area contributed by atoms with Crippen LogP contribution in [0.4, 0.5) is 4.79 Å². The van der Waals surface area contributed by atoms with Gasteiger partial charge in [0.15, 0.2) is 0 Å². The number of ether oxygens (including phenoxy) is 3. The van der Waals surface area contributed by atoms with Crippen molar-refractivity contribution in [3.8, 4) is 0 Å². The highest BCUT2D eigenvalue weighted by atomic mass is 16.5. The van der Waals surface area contributed by atoms with E-state index < -0.39 is 97.0 Å². The number of aliphatic hydroxyl groups is 1. The molecular formula is C53H82N6O12. The number of carbonyl (C=O) groups is 7. The number of amides is 6. The van der Waals surface area contributed by atoms with E-state index in [1.54, 1.807) is 38.3 Å². The molecule has 1 saturated carbocycles. The third-order valence-corrected chi connectivity index (χ3v) is 13.2. The summed E-state index contributed by atoms with van der Waals surface area (Å²) in [6.07, 6.45) is 5.94. The van der Waals surface area contributed by atoms with E-state index in [1.807, 2.05) is 64.1 Å². The Labute approximate surface area is 420 Å². The van der Waals surface area contributed by atoms with Crippen molar-refractivity contribution < 1.29 is 58.0 Å². The van der Waals surface area contributed by atoms with Gasteiger partial charge < -0.3 is 55.9 Å². The van der Waals surface area contributed by atoms with Gasteiger partial charge in [-0.1, -0.05) is 126 Å². The lowest BCUT2D eigenvalue weighted by Crippen LogP contribution is -2.63. The number of methoxy groups -OCH3 is 1. The summed E-state index contributed by atoms with van der Waals surface area (Å²) in [7, 11) is 3.23. The molecule has 0 saturated heterocycles. The second-order valence-corrected chi connectivity index (χ2v) is 19.9. The van der Waals surface area contributed by atoms with Crippen molar-refractivity contribution in [3.05, 3.63) is 71.8 Å². The Balaban J connectivity index is 1.87. The number of carboxylic acid groups (broad SMARTS) is 1. The van der Waals surface area contributed by atoms with E-state index in [9.17, 15) is 43.8 Å². The van der Waals surface area contributed by atoms with Crippen LogP contribution in [0.5, 0.6) is 0 Å². The predicted octanol–water partition coefficient (Wildman–Crippen LogP) is 5.39. The molecule has 0 aromatic heterocycles. The Kier molecular flexibility index (Phi) is 26.1. The van der Waals surface area contributed by atoms with Crippen LogP contribution in [0.15, 0.2) is 60.7 Å². The maximum absolute atomic E-state index is 14.7. The van der Waals surface area contributed by atoms with Gasteiger partial charge >= 0.3 is 12.1 Å². The third kappa shape index (κ3) is 21.7. The first kappa shape index (κ1) is 59.7. The van der Waals surface area contributed by atoms with Crippen LogP contribution in [-0.2, 0) is 56.2 Å². The number of hydrogen-bond acceptors (Lipinski definition) is 11. The van der Waals surface area contributed by atoms with Gasteiger partial charge in [0.25, 0.3) is 0 Å². The molecule has 3 rings (SSSR count). The lowest BCUT2D eigenvalue weighted by molar-refractivity contribution is -0.146. The van der Waals surface area contributed by atoms with Crippen molar-refractivity contribution in [2.24, 2.45) is 17.8 Å². The Morgan fingerprint density at radius 2 is 1.35 bits per heavy atom. The number of carboxylic acids is 1. The summed E-state index contributed by atoms with van der Waals surface area (Å²) in [5, 5.41) is 33.6. The van der Waals surface area contributed by atoms with E-state index in [-0.39, 0.29) is 37.1 Å². The molecule has 0 heterocycles. The molecule has 1 aliphatic rings. The molecule has 1 aliphatic carbocycles. The number of rotatable bonds is 31. The van der Waals surface area contributed by atoms with Crippen LogP contribution in [0.1, 0.15) is 130 Å². The second kappa shape index (κ2) is 31.0. The number of nitrogens with one attached hydrogen (secondary N) is 5. The minimum Gasteiger partial charge on any atom is -0.480 e. The van der Waals surface area contributed by atoms with E-state index in [1.165, 1.54) is 18.9 Å². The van der Waals surface area contributed by atoms with Crippen molar-refractivity contribution in [1.82, 2.24) is 31.5 Å². The highest BCUT2D eigenvalue weighted by molar-refractivity contribution is 5.96. The van der Waals surface area contributed by atoms with Gasteiger partial charge in [0.05, 0.1) is 36.9 Å². The lowest BCUT2D eigenvalue weighted by atomic mass is 9.83. The normalized spacial score (nSPS) is 16.0. The Hall–Kier alpha value is -5.59. The van der Waals surface area contributed by atoms with Crippen molar-refractivity contribution in [1.29, 1.82) is 0 Å². The van der Waals surface area contributed by atoms with Gasteiger partial charge in [0.2, 0.25) is 29.5 Å². The average Bonchev–Trinajstić information content (AvgIpc) is 3.36. The first-order valence-electron chi connectivity index (χ1n) is 25.2. The molecule has 0 aliphatic heterocycles. The summed E-state index contributed by atoms with van der Waals surface area (Å²) < 4.78 is 16.9. The Morgan fingerprint density at radius 1 is 0.746 bits per heavy atom. The molecule has 71 heavy (non-hydrogen) atoms. The molecule has 7 N–H and O–H groups in total. The number of likely N-dealkylation sites (N-methyl/N-ethyl adjacent to an activating group) is 1. The summed E-state index contributed by atoms with van der Waals surface area (Å²) in [6, 6.07) is 12.7. The van der Waals surface area contributed by atoms with Gasteiger partial charge in [-0.2, -0.15) is 0 Å². The van der Waals surface area contributed by atoms with Crippen LogP contribution in [0.2, 0.25) is 0 Å². The van der Waals surface area contributed by atoms with E-state index in [0.717, 1.165) is 56.9 Å². The zero-order valence-corrected chi connectivity index (χ0v) is 43.2. The largest absolute Gasteiger partial charge is 0.480 e. The van der Waals surface area contributed by atoms with Gasteiger partial charge in [-0.25, -0.2) is 4.79 Å². The van der Waals surface area contributed by atoms with Crippen LogP contribution in [-0.4, -0.2) is 126 Å². The highest BCUT2D eigenvalue weighted by Crippen LogP contribution is 2.28. The Bertz CT molecular complexity index is 1960. The molecule has 396 valence electrons. The van der Waals surface area contributed by atoms with Crippen LogP contribution in [0.25, 0.3) is 0 Å². The molecule has 0 unspecified atom stereocenters. The summed E-state index contributed by atoms with van der Waals surface area (Å²) in [6.45, 7) is 9.80. The monoisotopic (exact) mass is 995 g/mol. The van der Waals surface area contributed by atoms with Crippen molar-refractivity contribution in [3.63, 3.8) is 0 Å². The van der Waals surface area contributed by atoms with Crippen molar-refractivity contribution in [2.45, 2.75) is 174 Å². The smallest absolute Gasteiger partial charge is 0.407 e. The summed E-state index contributed by atoms with van der Waals surface area (Å²) in [5.74, 6) is -6.06.